The quantitative estimate of drug-likeness (QED) is 0.122. The zero-order valence-electron chi connectivity index (χ0n) is 41.9. The molecule has 0 N–H and O–H groups in total. The van der Waals surface area contributed by atoms with Crippen molar-refractivity contribution in [3.05, 3.63) is 297 Å². The molecule has 0 spiro atoms. The second-order valence-corrected chi connectivity index (χ2v) is 19.3. The Morgan fingerprint density at radius 2 is 0.455 bits per heavy atom. The average molecular weight is 988 g/mol. The molecule has 14 rings (SSSR count). The molecular formula is C72H49N3O2. The molecule has 0 aliphatic rings. The van der Waals surface area contributed by atoms with Crippen LogP contribution in [0.1, 0.15) is 0 Å². The predicted molar refractivity (Wildman–Crippen MR) is 321 cm³/mol. The van der Waals surface area contributed by atoms with E-state index in [0.717, 1.165) is 117 Å². The molecule has 5 nitrogen and oxygen atoms in total. The van der Waals surface area contributed by atoms with E-state index in [-0.39, 0.29) is 0 Å². The van der Waals surface area contributed by atoms with E-state index in [4.69, 9.17) is 8.83 Å². The number of benzene rings is 12. The Hall–Kier alpha value is -10.4. The molecule has 0 atom stereocenters. The Labute approximate surface area is 447 Å². The van der Waals surface area contributed by atoms with Gasteiger partial charge < -0.3 is 23.5 Å². The molecule has 5 heteroatoms. The molecule has 14 aromatic rings. The minimum atomic E-state index is 0.846. The first kappa shape index (κ1) is 45.3. The lowest BCUT2D eigenvalue weighted by Gasteiger charge is -2.33. The van der Waals surface area contributed by atoms with Gasteiger partial charge in [-0.2, -0.15) is 0 Å². The van der Waals surface area contributed by atoms with Crippen molar-refractivity contribution in [1.29, 1.82) is 0 Å². The maximum atomic E-state index is 6.40. The van der Waals surface area contributed by atoms with Crippen molar-refractivity contribution in [2.75, 3.05) is 14.7 Å². The van der Waals surface area contributed by atoms with Crippen LogP contribution in [0.2, 0.25) is 0 Å². The number of fused-ring (bicyclic) bond motifs is 6. The zero-order chi connectivity index (χ0) is 51.1. The average Bonchev–Trinajstić information content (AvgIpc) is 4.09. The van der Waals surface area contributed by atoms with Gasteiger partial charge in [0.25, 0.3) is 0 Å². The van der Waals surface area contributed by atoms with Crippen molar-refractivity contribution < 1.29 is 8.83 Å². The summed E-state index contributed by atoms with van der Waals surface area (Å²) in [5.41, 5.74) is 19.4. The van der Waals surface area contributed by atoms with Crippen molar-refractivity contribution in [2.45, 2.75) is 0 Å². The molecule has 0 fully saturated rings. The van der Waals surface area contributed by atoms with Gasteiger partial charge in [0, 0.05) is 55.7 Å². The maximum absolute atomic E-state index is 6.40. The van der Waals surface area contributed by atoms with Crippen LogP contribution in [0, 0.1) is 0 Å². The molecule has 364 valence electrons. The lowest BCUT2D eigenvalue weighted by Crippen LogP contribution is -2.16. The Morgan fingerprint density at radius 3 is 0.896 bits per heavy atom. The molecule has 77 heavy (non-hydrogen) atoms. The summed E-state index contributed by atoms with van der Waals surface area (Å²) in [4.78, 5) is 7.12. The molecule has 0 radical (unpaired) electrons. The first-order chi connectivity index (χ1) is 38.1. The van der Waals surface area contributed by atoms with Gasteiger partial charge in [-0.05, 0) is 155 Å². The van der Waals surface area contributed by atoms with Crippen LogP contribution in [0.3, 0.4) is 0 Å². The summed E-state index contributed by atoms with van der Waals surface area (Å²) in [5.74, 6) is 0. The summed E-state index contributed by atoms with van der Waals surface area (Å²) >= 11 is 0. The van der Waals surface area contributed by atoms with E-state index in [1.54, 1.807) is 0 Å². The highest BCUT2D eigenvalue weighted by Gasteiger charge is 2.24. The lowest BCUT2D eigenvalue weighted by molar-refractivity contribution is 0.668. The molecule has 12 aromatic carbocycles. The summed E-state index contributed by atoms with van der Waals surface area (Å²) in [7, 11) is 0. The number of anilines is 9. The van der Waals surface area contributed by atoms with E-state index in [9.17, 15) is 0 Å². The highest BCUT2D eigenvalue weighted by molar-refractivity contribution is 6.08. The molecule has 2 heterocycles. The molecule has 0 unspecified atom stereocenters. The van der Waals surface area contributed by atoms with Gasteiger partial charge >= 0.3 is 0 Å². The van der Waals surface area contributed by atoms with Crippen LogP contribution < -0.4 is 14.7 Å². The van der Waals surface area contributed by atoms with Crippen LogP contribution in [0.25, 0.3) is 77.3 Å². The van der Waals surface area contributed by atoms with Crippen LogP contribution >= 0.6 is 0 Å². The first-order valence-corrected chi connectivity index (χ1v) is 26.0. The van der Waals surface area contributed by atoms with Crippen molar-refractivity contribution in [2.24, 2.45) is 0 Å². The van der Waals surface area contributed by atoms with Crippen LogP contribution in [-0.4, -0.2) is 0 Å². The number of nitrogens with zero attached hydrogens (tertiary/aromatic N) is 3. The topological polar surface area (TPSA) is 36.0 Å². The summed E-state index contributed by atoms with van der Waals surface area (Å²) in [6.45, 7) is 0. The van der Waals surface area contributed by atoms with Crippen LogP contribution in [0.4, 0.5) is 51.2 Å². The summed E-state index contributed by atoms with van der Waals surface area (Å²) in [6.07, 6.45) is 0. The van der Waals surface area contributed by atoms with Gasteiger partial charge in [-0.25, -0.2) is 0 Å². The van der Waals surface area contributed by atoms with E-state index < -0.39 is 0 Å². The van der Waals surface area contributed by atoms with Gasteiger partial charge in [0.05, 0.1) is 17.1 Å². The van der Waals surface area contributed by atoms with Gasteiger partial charge in [0.15, 0.2) is 0 Å². The maximum Gasteiger partial charge on any atom is 0.135 e. The molecule has 2 aromatic heterocycles. The number of hydrogen-bond acceptors (Lipinski definition) is 5. The normalized spacial score (nSPS) is 11.4. The van der Waals surface area contributed by atoms with Gasteiger partial charge in [-0.3, -0.25) is 0 Å². The monoisotopic (exact) mass is 987 g/mol. The van der Waals surface area contributed by atoms with E-state index in [1.807, 2.05) is 24.3 Å². The highest BCUT2D eigenvalue weighted by atomic mass is 16.3. The van der Waals surface area contributed by atoms with Crippen LogP contribution in [0.5, 0.6) is 0 Å². The first-order valence-electron chi connectivity index (χ1n) is 26.0. The van der Waals surface area contributed by atoms with Gasteiger partial charge in [-0.1, -0.05) is 176 Å². The second kappa shape index (κ2) is 19.5. The summed E-state index contributed by atoms with van der Waals surface area (Å²) in [6, 6.07) is 106. The van der Waals surface area contributed by atoms with Crippen molar-refractivity contribution in [3.63, 3.8) is 0 Å². The third-order valence-electron chi connectivity index (χ3n) is 14.6. The van der Waals surface area contributed by atoms with Crippen molar-refractivity contribution >= 4 is 95.1 Å². The molecule has 0 aliphatic heterocycles. The fourth-order valence-corrected chi connectivity index (χ4v) is 10.9. The highest BCUT2D eigenvalue weighted by Crippen LogP contribution is 2.47. The minimum Gasteiger partial charge on any atom is -0.456 e. The van der Waals surface area contributed by atoms with E-state index in [2.05, 4.69) is 288 Å². The number of para-hydroxylation sites is 4. The van der Waals surface area contributed by atoms with Gasteiger partial charge in [0.1, 0.15) is 22.3 Å². The summed E-state index contributed by atoms with van der Waals surface area (Å²) < 4.78 is 12.6. The van der Waals surface area contributed by atoms with Crippen LogP contribution in [0.15, 0.2) is 306 Å². The zero-order valence-corrected chi connectivity index (χ0v) is 41.9. The molecule has 0 bridgehead atoms. The Balaban J connectivity index is 0.983. The van der Waals surface area contributed by atoms with Crippen molar-refractivity contribution in [3.8, 4) is 33.4 Å². The Kier molecular flexibility index (Phi) is 11.5. The Morgan fingerprint density at radius 1 is 0.169 bits per heavy atom. The SMILES string of the molecule is c1ccc(-c2ccc(N(c3ccc(-c4ccccc4)cc3)c3cc(N(c4ccccc4)c4ccc(-c5ccc6oc7ccccc7c6c5)cc4)cc(N(c4ccccc4)c4ccc5oc6ccccc6c5c4)c3)cc2)cc1. The van der Waals surface area contributed by atoms with Crippen LogP contribution in [-0.2, 0) is 0 Å². The van der Waals surface area contributed by atoms with Crippen molar-refractivity contribution in [1.82, 2.24) is 0 Å². The lowest BCUT2D eigenvalue weighted by atomic mass is 10.0. The van der Waals surface area contributed by atoms with Gasteiger partial charge in [0.2, 0.25) is 0 Å². The molecular weight excluding hydrogens is 939 g/mol. The predicted octanol–water partition coefficient (Wildman–Crippen LogP) is 20.9. The van der Waals surface area contributed by atoms with Gasteiger partial charge in [-0.15, -0.1) is 0 Å². The Bertz CT molecular complexity index is 4280. The molecule has 0 amide bonds. The largest absolute Gasteiger partial charge is 0.456 e. The second-order valence-electron chi connectivity index (χ2n) is 19.3. The molecule has 0 aliphatic carbocycles. The minimum absolute atomic E-state index is 0.846. The third kappa shape index (κ3) is 8.62. The molecule has 0 saturated heterocycles. The summed E-state index contributed by atoms with van der Waals surface area (Å²) in [5, 5.41) is 4.35. The number of hydrogen-bond donors (Lipinski definition) is 0. The molecule has 0 saturated carbocycles. The number of rotatable bonds is 12. The van der Waals surface area contributed by atoms with E-state index in [1.165, 1.54) is 11.1 Å². The smallest absolute Gasteiger partial charge is 0.135 e. The fourth-order valence-electron chi connectivity index (χ4n) is 10.9. The third-order valence-corrected chi connectivity index (χ3v) is 14.6. The fraction of sp³-hybridized carbons (Fsp3) is 0. The standard InChI is InChI=1S/C72H49N3O2/c1-5-17-50(18-6-1)52-29-36-59(37-30-52)74(60-38-31-53(32-39-60)51-19-7-2-8-20-51)63-46-62(47-64(48-63)75(57-23-11-4-12-24-57)61-42-44-72-68(49-61)66-26-14-16-28-70(66)77-72)73(56-21-9-3-10-22-56)58-40-33-54(34-41-58)55-35-43-71-67(45-55)65-25-13-15-27-69(65)76-71/h1-49H. The number of furan rings is 2. The van der Waals surface area contributed by atoms with E-state index >= 15 is 0 Å². The van der Waals surface area contributed by atoms with E-state index in [0.29, 0.717) is 0 Å².